The van der Waals surface area contributed by atoms with E-state index in [0.29, 0.717) is 18.0 Å². The summed E-state index contributed by atoms with van der Waals surface area (Å²) in [7, 11) is -2.10. The van der Waals surface area contributed by atoms with Gasteiger partial charge in [0.1, 0.15) is 0 Å². The number of nitrogens with zero attached hydrogens (tertiary/aromatic N) is 2. The Morgan fingerprint density at radius 2 is 1.77 bits per heavy atom. The Bertz CT molecular complexity index is 915. The number of hydrogen-bond acceptors (Lipinski definition) is 6. The van der Waals surface area contributed by atoms with Crippen LogP contribution in [-0.2, 0) is 19.6 Å². The predicted octanol–water partition coefficient (Wildman–Crippen LogP) is 2.05. The number of anilines is 1. The normalized spacial score (nSPS) is 15.0. The van der Waals surface area contributed by atoms with Gasteiger partial charge in [-0.25, -0.2) is 8.42 Å². The molecule has 1 heterocycles. The monoisotopic (exact) mass is 449 g/mol. The Kier molecular flexibility index (Phi) is 8.15. The Morgan fingerprint density at radius 3 is 2.43 bits per heavy atom. The average molecular weight is 450 g/mol. The average Bonchev–Trinajstić information content (AvgIpc) is 2.79. The number of thioether (sulfide) groups is 1. The zero-order valence-corrected chi connectivity index (χ0v) is 18.6. The van der Waals surface area contributed by atoms with Crippen molar-refractivity contribution in [1.29, 1.82) is 0 Å². The third kappa shape index (κ3) is 6.21. The van der Waals surface area contributed by atoms with E-state index in [1.165, 1.54) is 23.1 Å². The van der Waals surface area contributed by atoms with Crippen molar-refractivity contribution in [3.05, 3.63) is 54.6 Å². The molecule has 0 atom stereocenters. The van der Waals surface area contributed by atoms with Gasteiger partial charge in [-0.1, -0.05) is 18.2 Å². The first-order valence-electron chi connectivity index (χ1n) is 9.80. The fraction of sp³-hybridized carbons (Fsp3) is 0.381. The second-order valence-corrected chi connectivity index (χ2v) is 9.89. The van der Waals surface area contributed by atoms with Gasteiger partial charge >= 0.3 is 0 Å². The number of carbonyl (C=O) groups excluding carboxylic acids is 1. The molecule has 2 aromatic rings. The molecule has 2 aromatic carbocycles. The molecular formula is C21H27N3O4S2. The molecule has 0 aliphatic carbocycles. The number of morpholine rings is 1. The summed E-state index contributed by atoms with van der Waals surface area (Å²) in [4.78, 5) is 15.4. The van der Waals surface area contributed by atoms with Crippen molar-refractivity contribution in [2.24, 2.45) is 0 Å². The first-order valence-corrected chi connectivity index (χ1v) is 12.2. The van der Waals surface area contributed by atoms with Gasteiger partial charge in [0, 0.05) is 38.1 Å². The van der Waals surface area contributed by atoms with Crippen molar-refractivity contribution in [3.63, 3.8) is 0 Å². The smallest absolute Gasteiger partial charge is 0.264 e. The van der Waals surface area contributed by atoms with Crippen LogP contribution in [0.4, 0.5) is 5.69 Å². The number of ether oxygens (including phenoxy) is 1. The van der Waals surface area contributed by atoms with E-state index in [4.69, 9.17) is 4.74 Å². The molecule has 30 heavy (non-hydrogen) atoms. The van der Waals surface area contributed by atoms with Crippen LogP contribution in [0.5, 0.6) is 0 Å². The Morgan fingerprint density at radius 1 is 1.10 bits per heavy atom. The summed E-state index contributed by atoms with van der Waals surface area (Å²) in [5, 5.41) is 2.92. The lowest BCUT2D eigenvalue weighted by Gasteiger charge is -2.26. The quantitative estimate of drug-likeness (QED) is 0.591. The molecule has 3 rings (SSSR count). The standard InChI is InChI=1S/C21H27N3O4S2/c1-23(18-5-3-2-4-6-18)30(26,27)20-9-7-19(8-10-20)29-17-21(25)22-11-12-24-13-15-28-16-14-24/h2-10H,11-17H2,1H3,(H,22,25). The summed E-state index contributed by atoms with van der Waals surface area (Å²) in [6, 6.07) is 15.6. The molecule has 0 bridgehead atoms. The third-order valence-electron chi connectivity index (χ3n) is 4.83. The Hall–Kier alpha value is -2.07. The Balaban J connectivity index is 1.47. The minimum Gasteiger partial charge on any atom is -0.379 e. The molecule has 1 N–H and O–H groups in total. The Labute approximate surface area is 182 Å². The highest BCUT2D eigenvalue weighted by Crippen LogP contribution is 2.24. The van der Waals surface area contributed by atoms with Crippen LogP contribution in [0.3, 0.4) is 0 Å². The van der Waals surface area contributed by atoms with Gasteiger partial charge < -0.3 is 10.1 Å². The van der Waals surface area contributed by atoms with E-state index < -0.39 is 10.0 Å². The maximum absolute atomic E-state index is 12.8. The predicted molar refractivity (Wildman–Crippen MR) is 119 cm³/mol. The highest BCUT2D eigenvalue weighted by Gasteiger charge is 2.21. The molecule has 1 amide bonds. The second kappa shape index (κ2) is 10.8. The van der Waals surface area contributed by atoms with Crippen LogP contribution in [0.15, 0.2) is 64.4 Å². The summed E-state index contributed by atoms with van der Waals surface area (Å²) in [6.07, 6.45) is 0. The zero-order valence-electron chi connectivity index (χ0n) is 17.0. The molecule has 9 heteroatoms. The second-order valence-electron chi connectivity index (χ2n) is 6.87. The molecule has 7 nitrogen and oxygen atoms in total. The molecule has 1 fully saturated rings. The van der Waals surface area contributed by atoms with Gasteiger partial charge in [-0.05, 0) is 36.4 Å². The number of hydrogen-bond donors (Lipinski definition) is 1. The molecule has 1 saturated heterocycles. The molecule has 0 aromatic heterocycles. The number of para-hydroxylation sites is 1. The SMILES string of the molecule is CN(c1ccccc1)S(=O)(=O)c1ccc(SCC(=O)NCCN2CCOCC2)cc1. The van der Waals surface area contributed by atoms with Crippen LogP contribution < -0.4 is 9.62 Å². The minimum atomic E-state index is -3.63. The highest BCUT2D eigenvalue weighted by atomic mass is 32.2. The zero-order chi connectivity index (χ0) is 21.4. The van der Waals surface area contributed by atoms with Gasteiger partial charge in [-0.3, -0.25) is 14.0 Å². The van der Waals surface area contributed by atoms with Gasteiger partial charge in [-0.2, -0.15) is 0 Å². The van der Waals surface area contributed by atoms with Crippen molar-refractivity contribution in [3.8, 4) is 0 Å². The molecule has 162 valence electrons. The van der Waals surface area contributed by atoms with Crippen LogP contribution in [0.25, 0.3) is 0 Å². The van der Waals surface area contributed by atoms with Gasteiger partial charge in [0.2, 0.25) is 5.91 Å². The van der Waals surface area contributed by atoms with Gasteiger partial charge in [0.25, 0.3) is 10.0 Å². The van der Waals surface area contributed by atoms with Crippen LogP contribution in [0.2, 0.25) is 0 Å². The lowest BCUT2D eigenvalue weighted by atomic mass is 10.3. The molecule has 0 radical (unpaired) electrons. The summed E-state index contributed by atoms with van der Waals surface area (Å²) in [5.41, 5.74) is 0.602. The number of sulfonamides is 1. The summed E-state index contributed by atoms with van der Waals surface area (Å²) in [6.45, 7) is 4.73. The van der Waals surface area contributed by atoms with Crippen molar-refractivity contribution in [1.82, 2.24) is 10.2 Å². The molecular weight excluding hydrogens is 422 g/mol. The number of rotatable bonds is 9. The molecule has 0 saturated carbocycles. The fourth-order valence-electron chi connectivity index (χ4n) is 3.02. The number of amides is 1. The van der Waals surface area contributed by atoms with Crippen molar-refractivity contribution >= 4 is 33.4 Å². The largest absolute Gasteiger partial charge is 0.379 e. The lowest BCUT2D eigenvalue weighted by molar-refractivity contribution is -0.118. The van der Waals surface area contributed by atoms with E-state index in [9.17, 15) is 13.2 Å². The molecule has 0 spiro atoms. The topological polar surface area (TPSA) is 79.0 Å². The summed E-state index contributed by atoms with van der Waals surface area (Å²) < 4.78 is 32.2. The number of benzene rings is 2. The first kappa shape index (κ1) is 22.6. The molecule has 1 aliphatic rings. The molecule has 1 aliphatic heterocycles. The fourth-order valence-corrected chi connectivity index (χ4v) is 4.94. The van der Waals surface area contributed by atoms with Crippen LogP contribution >= 0.6 is 11.8 Å². The number of carbonyl (C=O) groups is 1. The van der Waals surface area contributed by atoms with Crippen molar-refractivity contribution in [2.45, 2.75) is 9.79 Å². The van der Waals surface area contributed by atoms with Crippen molar-refractivity contribution < 1.29 is 17.9 Å². The van der Waals surface area contributed by atoms with Crippen LogP contribution in [-0.4, -0.2) is 71.4 Å². The van der Waals surface area contributed by atoms with Gasteiger partial charge in [0.05, 0.1) is 29.5 Å². The maximum Gasteiger partial charge on any atom is 0.264 e. The van der Waals surface area contributed by atoms with Crippen LogP contribution in [0.1, 0.15) is 0 Å². The van der Waals surface area contributed by atoms with E-state index in [-0.39, 0.29) is 10.8 Å². The van der Waals surface area contributed by atoms with E-state index in [2.05, 4.69) is 10.2 Å². The lowest BCUT2D eigenvalue weighted by Crippen LogP contribution is -2.41. The molecule has 0 unspecified atom stereocenters. The van der Waals surface area contributed by atoms with E-state index in [0.717, 1.165) is 37.7 Å². The van der Waals surface area contributed by atoms with E-state index in [1.807, 2.05) is 6.07 Å². The van der Waals surface area contributed by atoms with E-state index in [1.54, 1.807) is 48.5 Å². The number of nitrogens with one attached hydrogen (secondary N) is 1. The minimum absolute atomic E-state index is 0.0335. The van der Waals surface area contributed by atoms with Crippen LogP contribution in [0, 0.1) is 0 Å². The van der Waals surface area contributed by atoms with Gasteiger partial charge in [-0.15, -0.1) is 11.8 Å². The first-order chi connectivity index (χ1) is 14.5. The summed E-state index contributed by atoms with van der Waals surface area (Å²) >= 11 is 1.38. The summed E-state index contributed by atoms with van der Waals surface area (Å²) in [5.74, 6) is 0.257. The highest BCUT2D eigenvalue weighted by molar-refractivity contribution is 8.00. The van der Waals surface area contributed by atoms with Gasteiger partial charge in [0.15, 0.2) is 0 Å². The van der Waals surface area contributed by atoms with E-state index >= 15 is 0 Å². The third-order valence-corrected chi connectivity index (χ3v) is 7.64. The maximum atomic E-state index is 12.8. The van der Waals surface area contributed by atoms with Crippen molar-refractivity contribution in [2.75, 3.05) is 56.5 Å².